The van der Waals surface area contributed by atoms with Crippen LogP contribution in [0.2, 0.25) is 5.02 Å². The van der Waals surface area contributed by atoms with Gasteiger partial charge in [-0.05, 0) is 24.5 Å². The second-order valence-corrected chi connectivity index (χ2v) is 5.45. The smallest absolute Gasteiger partial charge is 0.163 e. The third-order valence-corrected chi connectivity index (χ3v) is 4.21. The number of halogens is 1. The molecule has 1 aromatic rings. The number of benzene rings is 1. The lowest BCUT2D eigenvalue weighted by Gasteiger charge is -2.27. The Kier molecular flexibility index (Phi) is 5.52. The molecule has 112 valence electrons. The van der Waals surface area contributed by atoms with Crippen LogP contribution in [0.1, 0.15) is 11.1 Å². The molecule has 1 aromatic carbocycles. The van der Waals surface area contributed by atoms with Crippen LogP contribution >= 0.6 is 11.6 Å². The monoisotopic (exact) mass is 298 g/mol. The van der Waals surface area contributed by atoms with Gasteiger partial charge in [-0.3, -0.25) is 0 Å². The summed E-state index contributed by atoms with van der Waals surface area (Å²) in [5.41, 5.74) is 2.23. The fourth-order valence-electron chi connectivity index (χ4n) is 2.69. The van der Waals surface area contributed by atoms with Gasteiger partial charge in [-0.1, -0.05) is 11.6 Å². The summed E-state index contributed by atoms with van der Waals surface area (Å²) in [6, 6.07) is 1.85. The molecule has 0 bridgehead atoms. The Hall–Kier alpha value is -0.970. The molecule has 0 aromatic heterocycles. The van der Waals surface area contributed by atoms with Gasteiger partial charge in [0.05, 0.1) is 14.2 Å². The minimum absolute atomic E-state index is 0.695. The van der Waals surface area contributed by atoms with Crippen molar-refractivity contribution in [2.45, 2.75) is 13.3 Å². The molecule has 4 nitrogen and oxygen atoms in total. The van der Waals surface area contributed by atoms with Gasteiger partial charge in [0.15, 0.2) is 11.5 Å². The molecule has 20 heavy (non-hydrogen) atoms. The first-order valence-electron chi connectivity index (χ1n) is 7.00. The Morgan fingerprint density at radius 1 is 1.25 bits per heavy atom. The standard InChI is InChI=1S/C15H23ClN2O2/c1-11-12(4-7-18-8-5-17-6-9-18)13(16)10-14(19-2)15(11)20-3/h10,17H,4-9H2,1-3H3. The number of nitrogens with one attached hydrogen (secondary N) is 1. The van der Waals surface area contributed by atoms with E-state index < -0.39 is 0 Å². The molecule has 1 aliphatic heterocycles. The second kappa shape index (κ2) is 7.16. The van der Waals surface area contributed by atoms with Crippen LogP contribution in [0, 0.1) is 6.92 Å². The molecule has 1 aliphatic rings. The largest absolute Gasteiger partial charge is 0.493 e. The fraction of sp³-hybridized carbons (Fsp3) is 0.600. The first kappa shape index (κ1) is 15.4. The highest BCUT2D eigenvalue weighted by molar-refractivity contribution is 6.31. The molecule has 1 heterocycles. The van der Waals surface area contributed by atoms with Crippen LogP contribution in [0.4, 0.5) is 0 Å². The zero-order valence-corrected chi connectivity index (χ0v) is 13.2. The molecule has 1 saturated heterocycles. The van der Waals surface area contributed by atoms with Crippen molar-refractivity contribution in [3.05, 3.63) is 22.2 Å². The first-order valence-corrected chi connectivity index (χ1v) is 7.38. The van der Waals surface area contributed by atoms with Crippen molar-refractivity contribution in [1.82, 2.24) is 10.2 Å². The highest BCUT2D eigenvalue weighted by Gasteiger charge is 2.17. The van der Waals surface area contributed by atoms with Gasteiger partial charge in [0.25, 0.3) is 0 Å². The SMILES string of the molecule is COc1cc(Cl)c(CCN2CCNCC2)c(C)c1OC. The predicted molar refractivity (Wildman–Crippen MR) is 82.3 cm³/mol. The fourth-order valence-corrected chi connectivity index (χ4v) is 3.02. The molecular formula is C15H23ClN2O2. The summed E-state index contributed by atoms with van der Waals surface area (Å²) in [6.07, 6.45) is 0.936. The predicted octanol–water partition coefficient (Wildman–Crippen LogP) is 2.11. The average molecular weight is 299 g/mol. The minimum atomic E-state index is 0.695. The lowest BCUT2D eigenvalue weighted by Crippen LogP contribution is -2.44. The van der Waals surface area contributed by atoms with Gasteiger partial charge in [-0.25, -0.2) is 0 Å². The van der Waals surface area contributed by atoms with Crippen molar-refractivity contribution in [2.75, 3.05) is 46.9 Å². The molecule has 5 heteroatoms. The van der Waals surface area contributed by atoms with Gasteiger partial charge in [-0.15, -0.1) is 0 Å². The van der Waals surface area contributed by atoms with Crippen molar-refractivity contribution < 1.29 is 9.47 Å². The Morgan fingerprint density at radius 3 is 2.55 bits per heavy atom. The number of ether oxygens (including phenoxy) is 2. The molecule has 1 fully saturated rings. The molecule has 0 radical (unpaired) electrons. The summed E-state index contributed by atoms with van der Waals surface area (Å²) in [7, 11) is 3.30. The van der Waals surface area contributed by atoms with Gasteiger partial charge >= 0.3 is 0 Å². The van der Waals surface area contributed by atoms with E-state index in [0.717, 1.165) is 61.0 Å². The molecule has 0 amide bonds. The van der Waals surface area contributed by atoms with Crippen molar-refractivity contribution in [3.63, 3.8) is 0 Å². The van der Waals surface area contributed by atoms with Crippen LogP contribution in [0.15, 0.2) is 6.07 Å². The topological polar surface area (TPSA) is 33.7 Å². The molecule has 0 atom stereocenters. The van der Waals surface area contributed by atoms with Crippen LogP contribution in [0.5, 0.6) is 11.5 Å². The van der Waals surface area contributed by atoms with Gasteiger partial charge in [0.1, 0.15) is 0 Å². The van der Waals surface area contributed by atoms with Crippen molar-refractivity contribution in [3.8, 4) is 11.5 Å². The maximum Gasteiger partial charge on any atom is 0.163 e. The van der Waals surface area contributed by atoms with Crippen molar-refractivity contribution in [1.29, 1.82) is 0 Å². The Balaban J connectivity index is 2.14. The lowest BCUT2D eigenvalue weighted by atomic mass is 10.0. The van der Waals surface area contributed by atoms with Crippen LogP contribution in [0.3, 0.4) is 0 Å². The van der Waals surface area contributed by atoms with Crippen LogP contribution in [0.25, 0.3) is 0 Å². The van der Waals surface area contributed by atoms with Gasteiger partial charge in [0, 0.05) is 43.8 Å². The molecule has 0 saturated carbocycles. The van der Waals surface area contributed by atoms with Crippen molar-refractivity contribution >= 4 is 11.6 Å². The van der Waals surface area contributed by atoms with E-state index in [9.17, 15) is 0 Å². The maximum absolute atomic E-state index is 6.39. The van der Waals surface area contributed by atoms with E-state index in [4.69, 9.17) is 21.1 Å². The molecular weight excluding hydrogens is 276 g/mol. The molecule has 0 spiro atoms. The maximum atomic E-state index is 6.39. The lowest BCUT2D eigenvalue weighted by molar-refractivity contribution is 0.243. The molecule has 0 unspecified atom stereocenters. The van der Waals surface area contributed by atoms with E-state index in [-0.39, 0.29) is 0 Å². The summed E-state index contributed by atoms with van der Waals surface area (Å²) in [4.78, 5) is 2.46. The van der Waals surface area contributed by atoms with Crippen LogP contribution in [-0.4, -0.2) is 51.8 Å². The van der Waals surface area contributed by atoms with E-state index in [0.29, 0.717) is 5.75 Å². The number of hydrogen-bond acceptors (Lipinski definition) is 4. The summed E-state index contributed by atoms with van der Waals surface area (Å²) >= 11 is 6.39. The third-order valence-electron chi connectivity index (χ3n) is 3.87. The zero-order chi connectivity index (χ0) is 14.5. The Morgan fingerprint density at radius 2 is 1.95 bits per heavy atom. The highest BCUT2D eigenvalue weighted by Crippen LogP contribution is 2.37. The second-order valence-electron chi connectivity index (χ2n) is 5.04. The molecule has 2 rings (SSSR count). The van der Waals surface area contributed by atoms with E-state index >= 15 is 0 Å². The van der Waals surface area contributed by atoms with Gasteiger partial charge in [-0.2, -0.15) is 0 Å². The van der Waals surface area contributed by atoms with E-state index in [2.05, 4.69) is 10.2 Å². The van der Waals surface area contributed by atoms with Crippen LogP contribution < -0.4 is 14.8 Å². The number of hydrogen-bond donors (Lipinski definition) is 1. The first-order chi connectivity index (χ1) is 9.67. The Labute approximate surface area is 126 Å². The minimum Gasteiger partial charge on any atom is -0.493 e. The van der Waals surface area contributed by atoms with Gasteiger partial charge < -0.3 is 19.7 Å². The summed E-state index contributed by atoms with van der Waals surface area (Å²) < 4.78 is 10.8. The summed E-state index contributed by atoms with van der Waals surface area (Å²) in [5.74, 6) is 1.48. The van der Waals surface area contributed by atoms with E-state index in [1.165, 1.54) is 0 Å². The summed E-state index contributed by atoms with van der Waals surface area (Å²) in [5, 5.41) is 4.12. The molecule has 1 N–H and O–H groups in total. The van der Waals surface area contributed by atoms with E-state index in [1.807, 2.05) is 13.0 Å². The third kappa shape index (κ3) is 3.37. The highest BCUT2D eigenvalue weighted by atomic mass is 35.5. The van der Waals surface area contributed by atoms with Gasteiger partial charge in [0.2, 0.25) is 0 Å². The van der Waals surface area contributed by atoms with Crippen molar-refractivity contribution in [2.24, 2.45) is 0 Å². The zero-order valence-electron chi connectivity index (χ0n) is 12.5. The summed E-state index contributed by atoms with van der Waals surface area (Å²) in [6.45, 7) is 7.41. The average Bonchev–Trinajstić information content (AvgIpc) is 2.47. The van der Waals surface area contributed by atoms with E-state index in [1.54, 1.807) is 14.2 Å². The quantitative estimate of drug-likeness (QED) is 0.903. The molecule has 0 aliphatic carbocycles. The number of piperazine rings is 1. The Bertz CT molecular complexity index is 460. The van der Waals surface area contributed by atoms with Crippen LogP contribution in [-0.2, 0) is 6.42 Å². The normalized spacial score (nSPS) is 16.2. The number of nitrogens with zero attached hydrogens (tertiary/aromatic N) is 1. The number of methoxy groups -OCH3 is 2. The number of rotatable bonds is 5.